The fraction of sp³-hybridized carbons (Fsp3) is 0.393. The van der Waals surface area contributed by atoms with Crippen LogP contribution in [-0.4, -0.2) is 122 Å². The van der Waals surface area contributed by atoms with Gasteiger partial charge in [-0.2, -0.15) is 0 Å². The maximum atomic E-state index is 14.2. The summed E-state index contributed by atoms with van der Waals surface area (Å²) in [6, 6.07) is 21.1. The zero-order chi connectivity index (χ0) is 52.3. The molecule has 4 heterocycles. The van der Waals surface area contributed by atoms with Gasteiger partial charge in [-0.1, -0.05) is 66.8 Å². The summed E-state index contributed by atoms with van der Waals surface area (Å²) in [5.41, 5.74) is 10.7. The Morgan fingerprint density at radius 2 is 1.45 bits per heavy atom. The van der Waals surface area contributed by atoms with Crippen LogP contribution in [0.25, 0.3) is 0 Å². The lowest BCUT2D eigenvalue weighted by atomic mass is 10.1. The Morgan fingerprint density at radius 3 is 2.15 bits per heavy atom. The van der Waals surface area contributed by atoms with Crippen molar-refractivity contribution in [3.8, 4) is 23.0 Å². The number of benzene rings is 4. The Bertz CT molecular complexity index is 2770. The summed E-state index contributed by atoms with van der Waals surface area (Å²) in [5, 5.41) is 17.7. The molecule has 74 heavy (non-hydrogen) atoms. The first kappa shape index (κ1) is 52.6. The van der Waals surface area contributed by atoms with Gasteiger partial charge in [0, 0.05) is 43.5 Å². The molecule has 0 radical (unpaired) electrons. The molecule has 0 bridgehead atoms. The SMILES string of the molecule is C=C1CC2C=Nc3cc(OCCCCCOc4cc5c(cc4OC)C(=O)N4CC(=C)CC4C(O)N5C(=O)OCc4ccc(NC(=O)C(CCCCN)NC(=O)CCc5ccccc5)cc4)c(OC)cc3C(=O)N2C1. The number of aryl methyl sites for hydroxylation is 1. The first-order chi connectivity index (χ1) is 35.8. The number of anilines is 2. The monoisotopic (exact) mass is 1010 g/mol. The van der Waals surface area contributed by atoms with Gasteiger partial charge in [-0.3, -0.25) is 24.2 Å². The zero-order valence-electron chi connectivity index (χ0n) is 42.0. The molecule has 8 rings (SSSR count). The van der Waals surface area contributed by atoms with Crippen LogP contribution in [0, 0.1) is 0 Å². The van der Waals surface area contributed by atoms with Crippen molar-refractivity contribution in [1.29, 1.82) is 0 Å². The molecule has 5 amide bonds. The number of amides is 5. The van der Waals surface area contributed by atoms with Crippen molar-refractivity contribution < 1.29 is 52.8 Å². The number of unbranched alkanes of at least 4 members (excludes halogenated alkanes) is 3. The molecule has 0 spiro atoms. The number of nitrogens with one attached hydrogen (secondary N) is 2. The lowest BCUT2D eigenvalue weighted by Gasteiger charge is -2.31. The van der Waals surface area contributed by atoms with Crippen molar-refractivity contribution in [3.05, 3.63) is 125 Å². The van der Waals surface area contributed by atoms with E-state index < -0.39 is 30.3 Å². The number of hydrogen-bond donors (Lipinski definition) is 4. The fourth-order valence-electron chi connectivity index (χ4n) is 9.59. The van der Waals surface area contributed by atoms with Gasteiger partial charge in [-0.25, -0.2) is 9.69 Å². The van der Waals surface area contributed by atoms with Crippen LogP contribution in [0.2, 0.25) is 0 Å². The quantitative estimate of drug-likeness (QED) is 0.0452. The Labute approximate surface area is 431 Å². The summed E-state index contributed by atoms with van der Waals surface area (Å²) >= 11 is 0. The molecule has 0 aromatic heterocycles. The fourth-order valence-corrected chi connectivity index (χ4v) is 9.59. The largest absolute Gasteiger partial charge is 0.493 e. The minimum absolute atomic E-state index is 0.0922. The molecular weight excluding hydrogens is 947 g/mol. The second kappa shape index (κ2) is 24.3. The summed E-state index contributed by atoms with van der Waals surface area (Å²) in [6.45, 7) is 9.68. The average Bonchev–Trinajstić information content (AvgIpc) is 3.95. The Balaban J connectivity index is 0.881. The molecule has 4 aromatic rings. The predicted molar refractivity (Wildman–Crippen MR) is 279 cm³/mol. The molecule has 4 aliphatic heterocycles. The molecule has 5 N–H and O–H groups in total. The number of carbonyl (C=O) groups is 5. The van der Waals surface area contributed by atoms with E-state index in [9.17, 15) is 29.1 Å². The molecule has 4 unspecified atom stereocenters. The number of rotatable bonds is 22. The average molecular weight is 1010 g/mol. The van der Waals surface area contributed by atoms with Crippen molar-refractivity contribution in [2.24, 2.45) is 10.7 Å². The van der Waals surface area contributed by atoms with E-state index in [1.807, 2.05) is 30.3 Å². The van der Waals surface area contributed by atoms with E-state index in [4.69, 9.17) is 29.4 Å². The lowest BCUT2D eigenvalue weighted by Crippen LogP contribution is -2.50. The van der Waals surface area contributed by atoms with Crippen LogP contribution in [0.3, 0.4) is 0 Å². The van der Waals surface area contributed by atoms with Crippen LogP contribution in [0.5, 0.6) is 23.0 Å². The number of nitrogens with two attached hydrogens (primary N) is 1. The van der Waals surface area contributed by atoms with Crippen LogP contribution < -0.4 is 40.2 Å². The molecule has 390 valence electrons. The topological polar surface area (TPSA) is 224 Å². The van der Waals surface area contributed by atoms with E-state index in [1.54, 1.807) is 47.5 Å². The first-order valence-corrected chi connectivity index (χ1v) is 25.1. The number of aliphatic imine (C=N–C) groups is 1. The minimum atomic E-state index is -1.49. The normalized spacial score (nSPS) is 18.1. The van der Waals surface area contributed by atoms with Crippen molar-refractivity contribution >= 4 is 53.0 Å². The van der Waals surface area contributed by atoms with Crippen LogP contribution >= 0.6 is 0 Å². The molecule has 4 aromatic carbocycles. The van der Waals surface area contributed by atoms with Gasteiger partial charge in [0.2, 0.25) is 11.8 Å². The van der Waals surface area contributed by atoms with Crippen molar-refractivity contribution in [2.45, 2.75) is 95.2 Å². The molecule has 0 aliphatic carbocycles. The number of nitrogens with zero attached hydrogens (tertiary/aromatic N) is 4. The number of ether oxygens (including phenoxy) is 5. The zero-order valence-corrected chi connectivity index (χ0v) is 42.0. The van der Waals surface area contributed by atoms with Gasteiger partial charge in [-0.05, 0) is 99.7 Å². The minimum Gasteiger partial charge on any atom is -0.493 e. The molecule has 18 nitrogen and oxygen atoms in total. The summed E-state index contributed by atoms with van der Waals surface area (Å²) in [7, 11) is 2.98. The lowest BCUT2D eigenvalue weighted by molar-refractivity contribution is -0.126. The predicted octanol–water partition coefficient (Wildman–Crippen LogP) is 7.25. The number of aliphatic hydroxyl groups excluding tert-OH is 1. The van der Waals surface area contributed by atoms with Crippen LogP contribution in [0.4, 0.5) is 21.9 Å². The van der Waals surface area contributed by atoms with E-state index in [1.165, 1.54) is 31.3 Å². The van der Waals surface area contributed by atoms with Crippen LogP contribution in [0.1, 0.15) is 89.6 Å². The summed E-state index contributed by atoms with van der Waals surface area (Å²) in [6.07, 6.45) is 4.90. The van der Waals surface area contributed by atoms with Crippen LogP contribution in [-0.2, 0) is 27.4 Å². The molecule has 18 heteroatoms. The smallest absolute Gasteiger partial charge is 0.416 e. The highest BCUT2D eigenvalue weighted by atomic mass is 16.6. The van der Waals surface area contributed by atoms with Gasteiger partial charge < -0.3 is 55.0 Å². The second-order valence-corrected chi connectivity index (χ2v) is 18.9. The number of fused-ring (bicyclic) bond motifs is 4. The third-order valence-corrected chi connectivity index (χ3v) is 13.6. The molecule has 2 saturated heterocycles. The Hall–Kier alpha value is -7.70. The number of hydrogen-bond acceptors (Lipinski definition) is 13. The maximum absolute atomic E-state index is 14.2. The highest BCUT2D eigenvalue weighted by Gasteiger charge is 2.46. The van der Waals surface area contributed by atoms with E-state index in [0.717, 1.165) is 21.6 Å². The van der Waals surface area contributed by atoms with Gasteiger partial charge in [0.15, 0.2) is 29.2 Å². The Kier molecular flexibility index (Phi) is 17.3. The Morgan fingerprint density at radius 1 is 0.784 bits per heavy atom. The number of aliphatic hydroxyl groups is 1. The molecule has 4 aliphatic rings. The van der Waals surface area contributed by atoms with Crippen molar-refractivity contribution in [2.75, 3.05) is 57.3 Å². The molecule has 4 atom stereocenters. The van der Waals surface area contributed by atoms with E-state index in [2.05, 4.69) is 28.8 Å². The standard InChI is InChI=1S/C56H65N7O11/c1-35-25-40-31-58-44-29-49(47(70-3)27-41(44)53(66)61(40)32-35)72-23-11-6-12-24-73-50-30-45-42(28-48(50)71-4)54(67)62-33-36(2)26-46(62)55(68)63(45)56(69)74-34-38-16-19-39(20-17-38)59-52(65)43(15-9-10-22-57)60-51(64)21-18-37-13-7-5-8-14-37/h5,7-8,13-14,16-17,19-20,27-31,40,43,46,55,68H,1-2,6,9-12,15,18,21-26,32-34,57H2,3-4H3,(H,59,65)(H,60,64). The second-order valence-electron chi connectivity index (χ2n) is 18.9. The van der Waals surface area contributed by atoms with Gasteiger partial charge in [0.1, 0.15) is 12.6 Å². The van der Waals surface area contributed by atoms with Gasteiger partial charge >= 0.3 is 6.09 Å². The summed E-state index contributed by atoms with van der Waals surface area (Å²) in [4.78, 5) is 77.0. The number of carbonyl (C=O) groups excluding carboxylic acids is 5. The van der Waals surface area contributed by atoms with Crippen molar-refractivity contribution in [3.63, 3.8) is 0 Å². The van der Waals surface area contributed by atoms with E-state index in [-0.39, 0.29) is 79.1 Å². The highest BCUT2D eigenvalue weighted by molar-refractivity contribution is 6.06. The molecular formula is C56H65N7O11. The van der Waals surface area contributed by atoms with E-state index in [0.29, 0.717) is 105 Å². The highest BCUT2D eigenvalue weighted by Crippen LogP contribution is 2.43. The molecule has 0 saturated carbocycles. The third kappa shape index (κ3) is 12.4. The van der Waals surface area contributed by atoms with E-state index >= 15 is 0 Å². The van der Waals surface area contributed by atoms with Gasteiger partial charge in [-0.15, -0.1) is 0 Å². The number of methoxy groups -OCH3 is 2. The van der Waals surface area contributed by atoms with Crippen molar-refractivity contribution in [1.82, 2.24) is 15.1 Å². The van der Waals surface area contributed by atoms with Crippen LogP contribution in [0.15, 0.2) is 108 Å². The summed E-state index contributed by atoms with van der Waals surface area (Å²) < 4.78 is 29.5. The summed E-state index contributed by atoms with van der Waals surface area (Å²) in [5.74, 6) is 0.308. The first-order valence-electron chi connectivity index (χ1n) is 25.1. The van der Waals surface area contributed by atoms with Gasteiger partial charge in [0.25, 0.3) is 11.8 Å². The maximum Gasteiger partial charge on any atom is 0.416 e. The van der Waals surface area contributed by atoms with Gasteiger partial charge in [0.05, 0.1) is 62.0 Å². The third-order valence-electron chi connectivity index (χ3n) is 13.6. The molecule has 2 fully saturated rings.